The van der Waals surface area contributed by atoms with Crippen molar-refractivity contribution in [3.05, 3.63) is 30.1 Å². The molecule has 3 amide bonds. The average Bonchev–Trinajstić information content (AvgIpc) is 2.27. The third kappa shape index (κ3) is 4.96. The highest BCUT2D eigenvalue weighted by molar-refractivity contribution is 5.94. The summed E-state index contributed by atoms with van der Waals surface area (Å²) in [6, 6.07) is 4.82. The molecule has 0 aliphatic rings. The second-order valence-electron chi connectivity index (χ2n) is 3.15. The summed E-state index contributed by atoms with van der Waals surface area (Å²) < 4.78 is 17.8. The van der Waals surface area contributed by atoms with Crippen molar-refractivity contribution >= 4 is 11.9 Å². The minimum Gasteiger partial charge on any atom is -0.484 e. The van der Waals surface area contributed by atoms with Crippen LogP contribution in [0.3, 0.4) is 0 Å². The molecule has 5 nitrogen and oxygen atoms in total. The standard InChI is InChI=1S/C11H13FN2O3/c1-2-13-11(16)14-10(15)7-17-9-5-3-4-8(12)6-9/h3-6H,2,7H2,1H3,(H2,13,14,15,16). The molecule has 2 N–H and O–H groups in total. The fourth-order valence-electron chi connectivity index (χ4n) is 1.07. The van der Waals surface area contributed by atoms with E-state index in [-0.39, 0.29) is 12.4 Å². The number of rotatable bonds is 4. The lowest BCUT2D eigenvalue weighted by molar-refractivity contribution is -0.122. The Kier molecular flexibility index (Phi) is 4.93. The molecule has 1 aromatic rings. The highest BCUT2D eigenvalue weighted by Crippen LogP contribution is 2.11. The maximum absolute atomic E-state index is 12.8. The van der Waals surface area contributed by atoms with Gasteiger partial charge in [0.2, 0.25) is 0 Å². The van der Waals surface area contributed by atoms with Gasteiger partial charge < -0.3 is 10.1 Å². The second kappa shape index (κ2) is 6.47. The van der Waals surface area contributed by atoms with Gasteiger partial charge in [-0.3, -0.25) is 10.1 Å². The van der Waals surface area contributed by atoms with E-state index in [0.717, 1.165) is 6.07 Å². The van der Waals surface area contributed by atoms with Crippen molar-refractivity contribution in [2.75, 3.05) is 13.2 Å². The van der Waals surface area contributed by atoms with Crippen molar-refractivity contribution in [1.29, 1.82) is 0 Å². The van der Waals surface area contributed by atoms with E-state index in [9.17, 15) is 14.0 Å². The number of imide groups is 1. The van der Waals surface area contributed by atoms with Crippen LogP contribution in [0.4, 0.5) is 9.18 Å². The van der Waals surface area contributed by atoms with Crippen LogP contribution < -0.4 is 15.4 Å². The summed E-state index contributed by atoms with van der Waals surface area (Å²) in [6.45, 7) is 1.80. The summed E-state index contributed by atoms with van der Waals surface area (Å²) in [4.78, 5) is 22.2. The number of carbonyl (C=O) groups excluding carboxylic acids is 2. The van der Waals surface area contributed by atoms with Gasteiger partial charge in [-0.2, -0.15) is 0 Å². The summed E-state index contributed by atoms with van der Waals surface area (Å²) in [5.74, 6) is -0.817. The first-order valence-corrected chi connectivity index (χ1v) is 5.08. The fourth-order valence-corrected chi connectivity index (χ4v) is 1.07. The number of nitrogens with one attached hydrogen (secondary N) is 2. The zero-order valence-electron chi connectivity index (χ0n) is 9.33. The molecule has 0 aromatic heterocycles. The van der Waals surface area contributed by atoms with Gasteiger partial charge >= 0.3 is 6.03 Å². The number of urea groups is 1. The van der Waals surface area contributed by atoms with E-state index >= 15 is 0 Å². The van der Waals surface area contributed by atoms with Gasteiger partial charge in [-0.15, -0.1) is 0 Å². The van der Waals surface area contributed by atoms with Gasteiger partial charge in [-0.05, 0) is 19.1 Å². The van der Waals surface area contributed by atoms with Crippen LogP contribution in [0.2, 0.25) is 0 Å². The van der Waals surface area contributed by atoms with Gasteiger partial charge in [-0.1, -0.05) is 6.07 Å². The molecule has 92 valence electrons. The van der Waals surface area contributed by atoms with Crippen LogP contribution in [0.5, 0.6) is 5.75 Å². The van der Waals surface area contributed by atoms with E-state index < -0.39 is 17.8 Å². The molecule has 0 bridgehead atoms. The third-order valence-corrected chi connectivity index (χ3v) is 1.76. The molecule has 0 saturated carbocycles. The summed E-state index contributed by atoms with van der Waals surface area (Å²) in [5, 5.41) is 4.46. The maximum Gasteiger partial charge on any atom is 0.321 e. The third-order valence-electron chi connectivity index (χ3n) is 1.76. The molecule has 0 saturated heterocycles. The molecule has 0 heterocycles. The molecule has 0 aliphatic carbocycles. The zero-order chi connectivity index (χ0) is 12.7. The van der Waals surface area contributed by atoms with E-state index in [4.69, 9.17) is 4.74 Å². The molecule has 0 unspecified atom stereocenters. The number of hydrogen-bond acceptors (Lipinski definition) is 3. The molecule has 0 aliphatic heterocycles. The highest BCUT2D eigenvalue weighted by Gasteiger charge is 2.07. The van der Waals surface area contributed by atoms with Crippen molar-refractivity contribution in [2.45, 2.75) is 6.92 Å². The van der Waals surface area contributed by atoms with Crippen molar-refractivity contribution in [3.63, 3.8) is 0 Å². The summed E-state index contributed by atoms with van der Waals surface area (Å²) in [5.41, 5.74) is 0. The van der Waals surface area contributed by atoms with E-state index in [0.29, 0.717) is 6.54 Å². The zero-order valence-corrected chi connectivity index (χ0v) is 9.33. The smallest absolute Gasteiger partial charge is 0.321 e. The first-order chi connectivity index (χ1) is 8.11. The van der Waals surface area contributed by atoms with Crippen molar-refractivity contribution < 1.29 is 18.7 Å². The molecule has 0 atom stereocenters. The van der Waals surface area contributed by atoms with Crippen molar-refractivity contribution in [3.8, 4) is 5.75 Å². The van der Waals surface area contributed by atoms with E-state index in [1.165, 1.54) is 18.2 Å². The van der Waals surface area contributed by atoms with Gasteiger partial charge in [0.15, 0.2) is 6.61 Å². The van der Waals surface area contributed by atoms with Gasteiger partial charge in [0.05, 0.1) is 0 Å². The van der Waals surface area contributed by atoms with Gasteiger partial charge in [0.1, 0.15) is 11.6 Å². The van der Waals surface area contributed by atoms with E-state index in [1.807, 2.05) is 0 Å². The predicted molar refractivity (Wildman–Crippen MR) is 59.1 cm³/mol. The quantitative estimate of drug-likeness (QED) is 0.826. The van der Waals surface area contributed by atoms with Crippen LogP contribution in [0.15, 0.2) is 24.3 Å². The van der Waals surface area contributed by atoms with E-state index in [2.05, 4.69) is 10.6 Å². The Bertz CT molecular complexity index is 409. The number of benzene rings is 1. The maximum atomic E-state index is 12.8. The fraction of sp³-hybridized carbons (Fsp3) is 0.273. The first kappa shape index (κ1) is 13.0. The van der Waals surface area contributed by atoms with E-state index in [1.54, 1.807) is 6.92 Å². The molecule has 17 heavy (non-hydrogen) atoms. The lowest BCUT2D eigenvalue weighted by atomic mass is 10.3. The average molecular weight is 240 g/mol. The minimum atomic E-state index is -0.597. The number of ether oxygens (including phenoxy) is 1. The largest absolute Gasteiger partial charge is 0.484 e. The number of hydrogen-bond donors (Lipinski definition) is 2. The van der Waals surface area contributed by atoms with Gasteiger partial charge in [0.25, 0.3) is 5.91 Å². The predicted octanol–water partition coefficient (Wildman–Crippen LogP) is 1.05. The first-order valence-electron chi connectivity index (χ1n) is 5.08. The van der Waals surface area contributed by atoms with Crippen LogP contribution in [-0.2, 0) is 4.79 Å². The Morgan fingerprint density at radius 1 is 1.41 bits per heavy atom. The lowest BCUT2D eigenvalue weighted by Crippen LogP contribution is -2.41. The molecule has 1 aromatic carbocycles. The Labute approximate surface area is 98.0 Å². The lowest BCUT2D eigenvalue weighted by Gasteiger charge is -2.06. The highest BCUT2D eigenvalue weighted by atomic mass is 19.1. The van der Waals surface area contributed by atoms with Crippen LogP contribution in [0.25, 0.3) is 0 Å². The van der Waals surface area contributed by atoms with Crippen LogP contribution >= 0.6 is 0 Å². The molecule has 1 rings (SSSR count). The topological polar surface area (TPSA) is 67.4 Å². The van der Waals surface area contributed by atoms with Crippen molar-refractivity contribution in [2.24, 2.45) is 0 Å². The number of halogens is 1. The Hall–Kier alpha value is -2.11. The minimum absolute atomic E-state index is 0.232. The molecule has 0 spiro atoms. The monoisotopic (exact) mass is 240 g/mol. The van der Waals surface area contributed by atoms with Crippen molar-refractivity contribution in [1.82, 2.24) is 10.6 Å². The summed E-state index contributed by atoms with van der Waals surface area (Å²) >= 11 is 0. The molecule has 0 radical (unpaired) electrons. The Balaban J connectivity index is 2.35. The molecule has 0 fully saturated rings. The SMILES string of the molecule is CCNC(=O)NC(=O)COc1cccc(F)c1. The summed E-state index contributed by atoms with van der Waals surface area (Å²) in [6.07, 6.45) is 0. The summed E-state index contributed by atoms with van der Waals surface area (Å²) in [7, 11) is 0. The Morgan fingerprint density at radius 3 is 2.82 bits per heavy atom. The second-order valence-corrected chi connectivity index (χ2v) is 3.15. The molecular weight excluding hydrogens is 227 g/mol. The van der Waals surface area contributed by atoms with Gasteiger partial charge in [0, 0.05) is 12.6 Å². The van der Waals surface area contributed by atoms with Crippen LogP contribution in [0, 0.1) is 5.82 Å². The molecule has 6 heteroatoms. The van der Waals surface area contributed by atoms with Gasteiger partial charge in [-0.25, -0.2) is 9.18 Å². The molecular formula is C11H13FN2O3. The van der Waals surface area contributed by atoms with Crippen LogP contribution in [-0.4, -0.2) is 25.1 Å². The van der Waals surface area contributed by atoms with Crippen LogP contribution in [0.1, 0.15) is 6.92 Å². The number of amides is 3. The number of carbonyl (C=O) groups is 2. The normalized spacial score (nSPS) is 9.53. The Morgan fingerprint density at radius 2 is 2.18 bits per heavy atom.